The summed E-state index contributed by atoms with van der Waals surface area (Å²) in [5, 5.41) is 8.52. The summed E-state index contributed by atoms with van der Waals surface area (Å²) in [6, 6.07) is 0. The van der Waals surface area contributed by atoms with Crippen molar-refractivity contribution in [1.29, 1.82) is 0 Å². The van der Waals surface area contributed by atoms with Gasteiger partial charge in [0.15, 0.2) is 0 Å². The van der Waals surface area contributed by atoms with Crippen molar-refractivity contribution in [3.63, 3.8) is 0 Å². The molecule has 0 saturated heterocycles. The van der Waals surface area contributed by atoms with Gasteiger partial charge in [0.1, 0.15) is 0 Å². The second kappa shape index (κ2) is 4.32. The second-order valence-corrected chi connectivity index (χ2v) is 2.00. The quantitative estimate of drug-likeness (QED) is 0.560. The summed E-state index contributed by atoms with van der Waals surface area (Å²) >= 11 is 2.10. The molecule has 0 rings (SSSR count). The van der Waals surface area contributed by atoms with E-state index < -0.39 is 0 Å². The predicted molar refractivity (Wildman–Crippen MR) is 26.4 cm³/mol. The molecule has 0 aromatic rings. The van der Waals surface area contributed by atoms with Crippen LogP contribution >= 0.6 is 0 Å². The van der Waals surface area contributed by atoms with Crippen molar-refractivity contribution < 1.29 is 22.1 Å². The zero-order valence-corrected chi connectivity index (χ0v) is 5.65. The van der Waals surface area contributed by atoms with Crippen LogP contribution in [0, 0.1) is 0 Å². The van der Waals surface area contributed by atoms with Crippen LogP contribution in [0.25, 0.3) is 0 Å². The fourth-order valence-corrected chi connectivity index (χ4v) is 0.388. The minimum absolute atomic E-state index is 0.408. The van der Waals surface area contributed by atoms with Gasteiger partial charge in [-0.2, -0.15) is 0 Å². The van der Waals surface area contributed by atoms with Crippen LogP contribution in [-0.4, -0.2) is 9.52 Å². The van der Waals surface area contributed by atoms with Gasteiger partial charge in [-0.05, 0) is 0 Å². The van der Waals surface area contributed by atoms with Gasteiger partial charge in [-0.25, -0.2) is 0 Å². The van der Waals surface area contributed by atoms with Crippen molar-refractivity contribution in [3.8, 4) is 0 Å². The van der Waals surface area contributed by atoms with Gasteiger partial charge in [0.25, 0.3) is 0 Å². The fraction of sp³-hybridized carbons (Fsp3) is 0.400. The topological polar surface area (TPSA) is 20.2 Å². The predicted octanol–water partition coefficient (Wildman–Crippen LogP) is 1.00. The van der Waals surface area contributed by atoms with E-state index in [9.17, 15) is 0 Å². The van der Waals surface area contributed by atoms with E-state index in [4.69, 9.17) is 5.11 Å². The zero-order chi connectivity index (χ0) is 5.70. The van der Waals surface area contributed by atoms with Gasteiger partial charge in [-0.1, -0.05) is 0 Å². The molecule has 0 aliphatic heterocycles. The van der Waals surface area contributed by atoms with Gasteiger partial charge in [0, 0.05) is 0 Å². The molecular weight excluding hydrogens is 127 g/mol. The summed E-state index contributed by atoms with van der Waals surface area (Å²) in [5.41, 5.74) is 0. The molecule has 0 heterocycles. The van der Waals surface area contributed by atoms with Gasteiger partial charge >= 0.3 is 52.0 Å². The molecule has 0 bridgehead atoms. The molecule has 0 radical (unpaired) electrons. The Balaban J connectivity index is 3.14. The first-order valence-corrected chi connectivity index (χ1v) is 2.82. The van der Waals surface area contributed by atoms with E-state index in [-0.39, 0.29) is 0 Å². The molecule has 39 valence electrons. The third kappa shape index (κ3) is 6.15. The van der Waals surface area contributed by atoms with E-state index in [1.807, 2.05) is 19.1 Å². The Labute approximate surface area is 52.5 Å². The molecule has 0 spiro atoms. The molecule has 2 heteroatoms. The molecule has 0 aliphatic carbocycles. The normalized spacial score (nSPS) is 9.86. The van der Waals surface area contributed by atoms with Gasteiger partial charge in [-0.3, -0.25) is 0 Å². The summed E-state index contributed by atoms with van der Waals surface area (Å²) in [7, 11) is 0. The van der Waals surface area contributed by atoms with Gasteiger partial charge in [-0.15, -0.1) is 0 Å². The number of hydrogen-bond donors (Lipinski definition) is 1. The van der Waals surface area contributed by atoms with Gasteiger partial charge in [0.2, 0.25) is 0 Å². The second-order valence-electron chi connectivity index (χ2n) is 1.19. The third-order valence-electron chi connectivity index (χ3n) is 0.536. The Morgan fingerprint density at radius 3 is 2.57 bits per heavy atom. The monoisotopic (exact) mass is 135 g/mol. The van der Waals surface area contributed by atoms with Crippen LogP contribution in [0.3, 0.4) is 0 Å². The summed E-state index contributed by atoms with van der Waals surface area (Å²) in [4.78, 5) is 0. The average Bonchev–Trinajstić information content (AvgIpc) is 1.61. The fourth-order valence-electron chi connectivity index (χ4n) is 0.223. The number of aliphatic hydroxyl groups excluding tert-OH is 1. The van der Waals surface area contributed by atoms with E-state index in [0.717, 1.165) is 0 Å². The van der Waals surface area contributed by atoms with Crippen molar-refractivity contribution in [2.45, 2.75) is 13.3 Å². The first-order valence-electron chi connectivity index (χ1n) is 2.12. The van der Waals surface area contributed by atoms with Crippen LogP contribution in [0.15, 0.2) is 12.2 Å². The summed E-state index contributed by atoms with van der Waals surface area (Å²) < 4.78 is 0.408. The molecule has 0 saturated carbocycles. The van der Waals surface area contributed by atoms with Crippen molar-refractivity contribution in [2.24, 2.45) is 0 Å². The first-order chi connectivity index (χ1) is 3.27. The van der Waals surface area contributed by atoms with E-state index >= 15 is 0 Å². The molecule has 1 nitrogen and oxygen atoms in total. The Kier molecular flexibility index (Phi) is 4.41. The van der Waals surface area contributed by atoms with E-state index in [1.165, 1.54) is 0 Å². The van der Waals surface area contributed by atoms with Crippen molar-refractivity contribution in [2.75, 3.05) is 0 Å². The Bertz CT molecular complexity index is 86.1. The molecule has 0 amide bonds. The van der Waals surface area contributed by atoms with Crippen LogP contribution in [0.2, 0.25) is 0 Å². The minimum atomic E-state index is 0.408. The Morgan fingerprint density at radius 2 is 2.43 bits per heavy atom. The molecule has 0 atom stereocenters. The number of allylic oxidation sites excluding steroid dienone is 1. The maximum absolute atomic E-state index is 8.52. The van der Waals surface area contributed by atoms with E-state index in [2.05, 4.69) is 17.0 Å². The molecule has 0 unspecified atom stereocenters. The Hall–Kier alpha value is 0.154. The van der Waals surface area contributed by atoms with Crippen LogP contribution < -0.4 is 0 Å². The number of aliphatic hydroxyl groups is 1. The maximum atomic E-state index is 8.52. The number of rotatable bonds is 2. The van der Waals surface area contributed by atoms with E-state index in [1.54, 1.807) is 0 Å². The van der Waals surface area contributed by atoms with Crippen LogP contribution in [0.1, 0.15) is 13.3 Å². The Morgan fingerprint density at radius 1 is 1.86 bits per heavy atom. The van der Waals surface area contributed by atoms with Crippen LogP contribution in [-0.2, 0) is 17.0 Å². The summed E-state index contributed by atoms with van der Waals surface area (Å²) in [5.74, 6) is 0. The van der Waals surface area contributed by atoms with Crippen molar-refractivity contribution in [1.82, 2.24) is 0 Å². The molecule has 7 heavy (non-hydrogen) atoms. The SMILES string of the molecule is C/C=C\C[C](O)=[V]. The molecule has 0 fully saturated rings. The molecule has 0 aliphatic rings. The average molecular weight is 135 g/mol. The third-order valence-corrected chi connectivity index (χ3v) is 0.821. The molecule has 1 N–H and O–H groups in total. The standard InChI is InChI=1S/C5H8O.V/c1-2-3-4-5-6;/h2-3,6H,4H2,1H3;/b3-2-;. The van der Waals surface area contributed by atoms with E-state index in [0.29, 0.717) is 10.8 Å². The van der Waals surface area contributed by atoms with Crippen LogP contribution in [0.4, 0.5) is 0 Å². The van der Waals surface area contributed by atoms with Gasteiger partial charge < -0.3 is 0 Å². The first kappa shape index (κ1) is 7.15. The molecule has 0 aromatic carbocycles. The van der Waals surface area contributed by atoms with Crippen molar-refractivity contribution >= 4 is 4.41 Å². The van der Waals surface area contributed by atoms with Crippen LogP contribution in [0.5, 0.6) is 0 Å². The van der Waals surface area contributed by atoms with Gasteiger partial charge in [0.05, 0.1) is 0 Å². The summed E-state index contributed by atoms with van der Waals surface area (Å²) in [6.45, 7) is 1.93. The summed E-state index contributed by atoms with van der Waals surface area (Å²) in [6.07, 6.45) is 4.47. The zero-order valence-electron chi connectivity index (χ0n) is 4.26. The molecular formula is C5H8OV. The van der Waals surface area contributed by atoms with Crippen molar-refractivity contribution in [3.05, 3.63) is 12.2 Å². The number of hydrogen-bond acceptors (Lipinski definition) is 1. The molecule has 0 aromatic heterocycles.